The van der Waals surface area contributed by atoms with E-state index in [-0.39, 0.29) is 18.3 Å². The zero-order chi connectivity index (χ0) is 15.0. The molecule has 4 nitrogen and oxygen atoms in total. The topological polar surface area (TPSA) is 56.7 Å². The number of hydrogen-bond acceptors (Lipinski definition) is 2. The molecule has 3 N–H and O–H groups in total. The third-order valence-electron chi connectivity index (χ3n) is 2.93. The van der Waals surface area contributed by atoms with Gasteiger partial charge >= 0.3 is 0 Å². The van der Waals surface area contributed by atoms with Crippen molar-refractivity contribution in [3.63, 3.8) is 0 Å². The number of aliphatic hydroxyl groups excluding tert-OH is 1. The van der Waals surface area contributed by atoms with Gasteiger partial charge in [0.25, 0.3) is 0 Å². The zero-order valence-electron chi connectivity index (χ0n) is 12.4. The Morgan fingerprint density at radius 2 is 2.15 bits per heavy atom. The van der Waals surface area contributed by atoms with E-state index >= 15 is 0 Å². The molecule has 0 aromatic heterocycles. The normalized spacial score (nSPS) is 13.2. The van der Waals surface area contributed by atoms with E-state index in [9.17, 15) is 4.39 Å². The summed E-state index contributed by atoms with van der Waals surface area (Å²) in [6.07, 6.45) is 0. The lowest BCUT2D eigenvalue weighted by molar-refractivity contribution is 0.238. The monoisotopic (exact) mass is 281 g/mol. The lowest BCUT2D eigenvalue weighted by Crippen LogP contribution is -2.39. The first-order chi connectivity index (χ1) is 9.56. The van der Waals surface area contributed by atoms with Crippen LogP contribution < -0.4 is 10.6 Å². The number of guanidine groups is 1. The van der Waals surface area contributed by atoms with Gasteiger partial charge in [-0.1, -0.05) is 19.1 Å². The van der Waals surface area contributed by atoms with Gasteiger partial charge in [-0.25, -0.2) is 9.38 Å². The minimum atomic E-state index is -0.204. The smallest absolute Gasteiger partial charge is 0.191 e. The second kappa shape index (κ2) is 8.53. The van der Waals surface area contributed by atoms with Crippen molar-refractivity contribution in [3.05, 3.63) is 35.1 Å². The summed E-state index contributed by atoms with van der Waals surface area (Å²) in [5.74, 6) is 0.633. The Morgan fingerprint density at radius 3 is 2.75 bits per heavy atom. The fourth-order valence-electron chi connectivity index (χ4n) is 1.58. The van der Waals surface area contributed by atoms with Gasteiger partial charge in [0.2, 0.25) is 0 Å². The molecule has 1 atom stereocenters. The quantitative estimate of drug-likeness (QED) is 0.551. The Bertz CT molecular complexity index is 449. The third-order valence-corrected chi connectivity index (χ3v) is 2.93. The van der Waals surface area contributed by atoms with Crippen molar-refractivity contribution in [1.29, 1.82) is 0 Å². The number of aryl methyl sites for hydroxylation is 1. The van der Waals surface area contributed by atoms with E-state index in [4.69, 9.17) is 5.11 Å². The van der Waals surface area contributed by atoms with Crippen molar-refractivity contribution in [1.82, 2.24) is 10.6 Å². The van der Waals surface area contributed by atoms with Gasteiger partial charge < -0.3 is 15.7 Å². The molecule has 0 spiro atoms. The number of rotatable bonds is 6. The van der Waals surface area contributed by atoms with Crippen LogP contribution in [0.4, 0.5) is 4.39 Å². The molecule has 1 unspecified atom stereocenters. The van der Waals surface area contributed by atoms with Crippen molar-refractivity contribution < 1.29 is 9.50 Å². The molecule has 0 amide bonds. The highest BCUT2D eigenvalue weighted by atomic mass is 19.1. The minimum absolute atomic E-state index is 0.135. The van der Waals surface area contributed by atoms with Crippen LogP contribution in [0.5, 0.6) is 0 Å². The Labute approximate surface area is 120 Å². The molecule has 0 bridgehead atoms. The predicted molar refractivity (Wildman–Crippen MR) is 80.2 cm³/mol. The molecule has 1 aromatic rings. The van der Waals surface area contributed by atoms with Gasteiger partial charge in [-0.15, -0.1) is 0 Å². The van der Waals surface area contributed by atoms with Gasteiger partial charge in [0.1, 0.15) is 5.82 Å². The number of hydrogen-bond donors (Lipinski definition) is 3. The lowest BCUT2D eigenvalue weighted by Gasteiger charge is -2.14. The van der Waals surface area contributed by atoms with Crippen molar-refractivity contribution in [2.75, 3.05) is 19.7 Å². The largest absolute Gasteiger partial charge is 0.396 e. The van der Waals surface area contributed by atoms with E-state index in [0.29, 0.717) is 24.6 Å². The van der Waals surface area contributed by atoms with E-state index in [2.05, 4.69) is 15.6 Å². The van der Waals surface area contributed by atoms with Crippen LogP contribution in [0, 0.1) is 18.7 Å². The summed E-state index contributed by atoms with van der Waals surface area (Å²) in [7, 11) is 0. The summed E-state index contributed by atoms with van der Waals surface area (Å²) in [5, 5.41) is 15.3. The van der Waals surface area contributed by atoms with Crippen molar-refractivity contribution in [2.45, 2.75) is 27.3 Å². The zero-order valence-corrected chi connectivity index (χ0v) is 12.4. The second-order valence-corrected chi connectivity index (χ2v) is 4.95. The summed E-state index contributed by atoms with van der Waals surface area (Å²) >= 11 is 0. The van der Waals surface area contributed by atoms with Crippen molar-refractivity contribution >= 4 is 5.96 Å². The Hall–Kier alpha value is -1.62. The molecular weight excluding hydrogens is 257 g/mol. The maximum Gasteiger partial charge on any atom is 0.191 e. The summed E-state index contributed by atoms with van der Waals surface area (Å²) in [5.41, 5.74) is 1.47. The fourth-order valence-corrected chi connectivity index (χ4v) is 1.58. The third kappa shape index (κ3) is 5.57. The molecule has 112 valence electrons. The fraction of sp³-hybridized carbons (Fsp3) is 0.533. The number of nitrogens with zero attached hydrogens (tertiary/aromatic N) is 1. The molecule has 0 heterocycles. The van der Waals surface area contributed by atoms with Crippen molar-refractivity contribution in [3.8, 4) is 0 Å². The highest BCUT2D eigenvalue weighted by Crippen LogP contribution is 2.09. The molecule has 1 aromatic carbocycles. The van der Waals surface area contributed by atoms with Crippen LogP contribution >= 0.6 is 0 Å². The summed E-state index contributed by atoms with van der Waals surface area (Å²) in [6.45, 7) is 7.62. The first-order valence-corrected chi connectivity index (χ1v) is 6.94. The maximum absolute atomic E-state index is 13.4. The highest BCUT2D eigenvalue weighted by Gasteiger charge is 2.03. The van der Waals surface area contributed by atoms with Crippen LogP contribution in [0.1, 0.15) is 25.0 Å². The van der Waals surface area contributed by atoms with Gasteiger partial charge in [-0.05, 0) is 37.0 Å². The van der Waals surface area contributed by atoms with Gasteiger partial charge in [0.05, 0.1) is 6.54 Å². The van der Waals surface area contributed by atoms with Crippen LogP contribution in [-0.4, -0.2) is 30.8 Å². The molecule has 0 aliphatic rings. The van der Waals surface area contributed by atoms with Crippen LogP contribution in [0.3, 0.4) is 0 Å². The molecule has 20 heavy (non-hydrogen) atoms. The Balaban J connectivity index is 2.63. The first kappa shape index (κ1) is 16.4. The van der Waals surface area contributed by atoms with Gasteiger partial charge in [-0.3, -0.25) is 0 Å². The minimum Gasteiger partial charge on any atom is -0.396 e. The maximum atomic E-state index is 13.4. The van der Waals surface area contributed by atoms with E-state index in [1.165, 1.54) is 6.07 Å². The molecule has 0 fully saturated rings. The first-order valence-electron chi connectivity index (χ1n) is 6.94. The molecule has 1 rings (SSSR count). The van der Waals surface area contributed by atoms with Gasteiger partial charge in [-0.2, -0.15) is 0 Å². The highest BCUT2D eigenvalue weighted by molar-refractivity contribution is 5.79. The van der Waals surface area contributed by atoms with Crippen LogP contribution in [0.25, 0.3) is 0 Å². The van der Waals surface area contributed by atoms with E-state index < -0.39 is 0 Å². The molecule has 0 radical (unpaired) electrons. The molecule has 0 aliphatic carbocycles. The van der Waals surface area contributed by atoms with E-state index in [1.807, 2.05) is 19.9 Å². The second-order valence-electron chi connectivity index (χ2n) is 4.95. The van der Waals surface area contributed by atoms with E-state index in [0.717, 1.165) is 12.1 Å². The molecule has 0 saturated carbocycles. The number of aliphatic imine (C=N–C) groups is 1. The van der Waals surface area contributed by atoms with Crippen LogP contribution in [0.2, 0.25) is 0 Å². The van der Waals surface area contributed by atoms with Gasteiger partial charge in [0.15, 0.2) is 5.96 Å². The van der Waals surface area contributed by atoms with Crippen molar-refractivity contribution in [2.24, 2.45) is 10.9 Å². The van der Waals surface area contributed by atoms with E-state index in [1.54, 1.807) is 13.0 Å². The number of halogens is 1. The molecule has 5 heteroatoms. The van der Waals surface area contributed by atoms with Crippen LogP contribution in [0.15, 0.2) is 23.2 Å². The summed E-state index contributed by atoms with van der Waals surface area (Å²) in [6, 6.07) is 5.15. The van der Waals surface area contributed by atoms with Crippen LogP contribution in [-0.2, 0) is 6.54 Å². The average molecular weight is 281 g/mol. The standard InChI is InChI=1S/C15H24FN3O/c1-4-17-15(18-8-11(2)10-20)19-9-13-6-5-12(3)14(16)7-13/h5-7,11,20H,4,8-10H2,1-3H3,(H2,17,18,19). The molecular formula is C15H24FN3O. The molecule has 0 saturated heterocycles. The number of nitrogens with one attached hydrogen (secondary N) is 2. The number of benzene rings is 1. The average Bonchev–Trinajstić information content (AvgIpc) is 2.45. The Kier molecular flexibility index (Phi) is 7.01. The molecule has 0 aliphatic heterocycles. The Morgan fingerprint density at radius 1 is 1.40 bits per heavy atom. The summed E-state index contributed by atoms with van der Waals surface area (Å²) < 4.78 is 13.4. The predicted octanol–water partition coefficient (Wildman–Crippen LogP) is 1.82. The van der Waals surface area contributed by atoms with Gasteiger partial charge in [0, 0.05) is 19.7 Å². The summed E-state index contributed by atoms with van der Waals surface area (Å²) in [4.78, 5) is 4.41. The SMILES string of the molecule is CCNC(=NCc1ccc(C)c(F)c1)NCC(C)CO. The number of aliphatic hydroxyl groups is 1. The lowest BCUT2D eigenvalue weighted by atomic mass is 10.1.